The van der Waals surface area contributed by atoms with E-state index in [2.05, 4.69) is 210 Å². The molecule has 0 spiro atoms. The van der Waals surface area contributed by atoms with Crippen LogP contribution >= 0.6 is 0 Å². The predicted octanol–water partition coefficient (Wildman–Crippen LogP) is 20.7. The number of nitrogens with zero attached hydrogens (tertiary/aromatic N) is 3. The molecule has 5 heteroatoms. The van der Waals surface area contributed by atoms with Gasteiger partial charge in [-0.2, -0.15) is 0 Å². The number of para-hydroxylation sites is 1. The number of aryl methyl sites for hydroxylation is 1. The van der Waals surface area contributed by atoms with Crippen molar-refractivity contribution < 1.29 is 30.3 Å². The summed E-state index contributed by atoms with van der Waals surface area (Å²) in [6.45, 7) is 24.0. The zero-order valence-corrected chi connectivity index (χ0v) is 51.0. The smallest absolute Gasteiger partial charge is 0.148 e. The summed E-state index contributed by atoms with van der Waals surface area (Å²) in [5.41, 5.74) is 17.4. The summed E-state index contributed by atoms with van der Waals surface area (Å²) in [5, 5.41) is 12.8. The molecule has 0 saturated carbocycles. The van der Waals surface area contributed by atoms with Crippen LogP contribution in [0.4, 0.5) is 0 Å². The van der Waals surface area contributed by atoms with E-state index in [9.17, 15) is 9.22 Å². The fourth-order valence-electron chi connectivity index (χ4n) is 11.5. The van der Waals surface area contributed by atoms with Crippen molar-refractivity contribution in [2.75, 3.05) is 0 Å². The first-order valence-electron chi connectivity index (χ1n) is 29.9. The van der Waals surface area contributed by atoms with Gasteiger partial charge in [-0.25, -0.2) is 4.98 Å². The molecule has 0 aliphatic heterocycles. The number of phenols is 1. The van der Waals surface area contributed by atoms with Crippen molar-refractivity contribution in [1.29, 1.82) is 0 Å². The molecule has 80 heavy (non-hydrogen) atoms. The minimum absolute atomic E-state index is 0. The number of imidazole rings is 1. The number of benzene rings is 8. The van der Waals surface area contributed by atoms with E-state index in [1.165, 1.54) is 16.7 Å². The number of hydrogen-bond donors (Lipinski definition) is 1. The van der Waals surface area contributed by atoms with Crippen LogP contribution in [0.25, 0.3) is 95.0 Å². The van der Waals surface area contributed by atoms with Gasteiger partial charge in [0.2, 0.25) is 0 Å². The average molecular weight is 1240 g/mol. The van der Waals surface area contributed by atoms with Crippen LogP contribution < -0.4 is 0 Å². The standard InChI is InChI=1S/C75H78N3O.Pt/c1-14-74(12,15-2)62-31-25-32-63(75(13,16-3)17-4)68(62)55-38-39-66(49(5)42-55)78-67-33-24-30-60(69(67)77-71(78)61-47-59(72(6,7)8)48-64(70(61)79)73(9,10)11)57-43-56(51-28-22-19-23-29-51)44-58(45-57)65-46-54(40-41-76-65)53-36-34-52(35-37-53)50-26-20-18-21-27-50;/h18-44,46-48,79H,14-17H2,1-13H3;/q-1;/i5D3;. The van der Waals surface area contributed by atoms with Crippen molar-refractivity contribution in [3.05, 3.63) is 216 Å². The van der Waals surface area contributed by atoms with Crippen molar-refractivity contribution in [2.24, 2.45) is 0 Å². The van der Waals surface area contributed by atoms with E-state index in [0.717, 1.165) is 98.1 Å². The second kappa shape index (κ2) is 22.8. The van der Waals surface area contributed by atoms with Crippen LogP contribution in [-0.4, -0.2) is 19.6 Å². The second-order valence-corrected chi connectivity index (χ2v) is 24.3. The molecule has 8 aromatic carbocycles. The van der Waals surface area contributed by atoms with Gasteiger partial charge in [-0.3, -0.25) is 9.55 Å². The van der Waals surface area contributed by atoms with E-state index in [1.807, 2.05) is 65.4 Å². The molecule has 0 bridgehead atoms. The molecular formula is C75H78N3OPt-. The van der Waals surface area contributed by atoms with Gasteiger partial charge in [0, 0.05) is 42.6 Å². The Morgan fingerprint density at radius 3 is 1.62 bits per heavy atom. The fourth-order valence-corrected chi connectivity index (χ4v) is 11.5. The van der Waals surface area contributed by atoms with Crippen molar-refractivity contribution in [1.82, 2.24) is 14.5 Å². The van der Waals surface area contributed by atoms with Crippen molar-refractivity contribution in [3.63, 3.8) is 0 Å². The maximum Gasteiger partial charge on any atom is 0.148 e. The van der Waals surface area contributed by atoms with E-state index in [0.29, 0.717) is 28.1 Å². The minimum Gasteiger partial charge on any atom is -0.507 e. The summed E-state index contributed by atoms with van der Waals surface area (Å²) >= 11 is 0. The van der Waals surface area contributed by atoms with Gasteiger partial charge >= 0.3 is 0 Å². The number of hydrogen-bond acceptors (Lipinski definition) is 3. The predicted molar refractivity (Wildman–Crippen MR) is 335 cm³/mol. The van der Waals surface area contributed by atoms with Crippen LogP contribution in [0.15, 0.2) is 182 Å². The Morgan fingerprint density at radius 1 is 0.500 bits per heavy atom. The third-order valence-electron chi connectivity index (χ3n) is 17.3. The van der Waals surface area contributed by atoms with E-state index < -0.39 is 12.3 Å². The summed E-state index contributed by atoms with van der Waals surface area (Å²) in [5.74, 6) is 0.554. The normalized spacial score (nSPS) is 12.9. The summed E-state index contributed by atoms with van der Waals surface area (Å²) in [7, 11) is 0. The van der Waals surface area contributed by atoms with Crippen molar-refractivity contribution in [2.45, 2.75) is 137 Å². The molecule has 0 saturated heterocycles. The molecule has 2 aromatic heterocycles. The van der Waals surface area contributed by atoms with Gasteiger partial charge in [0.15, 0.2) is 0 Å². The quantitative estimate of drug-likeness (QED) is 0.110. The molecule has 0 aliphatic rings. The van der Waals surface area contributed by atoms with Crippen LogP contribution in [0.3, 0.4) is 0 Å². The molecule has 0 atom stereocenters. The minimum atomic E-state index is -2.56. The number of rotatable bonds is 14. The molecule has 410 valence electrons. The Hall–Kier alpha value is -7.13. The Balaban J connectivity index is 0.00000828. The Kier molecular flexibility index (Phi) is 15.2. The maximum atomic E-state index is 12.8. The van der Waals surface area contributed by atoms with Crippen LogP contribution in [0, 0.1) is 12.9 Å². The summed E-state index contributed by atoms with van der Waals surface area (Å²) in [6, 6.07) is 64.8. The molecule has 1 N–H and O–H groups in total. The van der Waals surface area contributed by atoms with E-state index in [4.69, 9.17) is 9.97 Å². The van der Waals surface area contributed by atoms with Gasteiger partial charge in [0.05, 0.1) is 22.3 Å². The van der Waals surface area contributed by atoms with Gasteiger partial charge in [0.1, 0.15) is 11.6 Å². The van der Waals surface area contributed by atoms with Gasteiger partial charge in [-0.05, 0) is 146 Å². The molecule has 0 unspecified atom stereocenters. The van der Waals surface area contributed by atoms with Crippen LogP contribution in [0.5, 0.6) is 5.75 Å². The first-order chi connectivity index (χ1) is 39.0. The monoisotopic (exact) mass is 1230 g/mol. The molecule has 0 amide bonds. The van der Waals surface area contributed by atoms with Crippen molar-refractivity contribution in [3.8, 4) is 89.7 Å². The molecule has 10 aromatic rings. The SMILES string of the molecule is [2H]C([2H])([2H])c1cc(-c2c(C(C)(CC)CC)cccc2C(C)(CC)CC)ccc1-n1c(-c2cc(C(C)(C)C)cc(C(C)(C)C)c2O)nc2c(-c3[c-]c(-c4cc(-c5ccc(-c6ccccc6)cc5)ccn4)cc(-c4ccccc4)c3)cccc21.[Pt]. The van der Waals surface area contributed by atoms with Gasteiger partial charge in [-0.15, -0.1) is 23.8 Å². The van der Waals surface area contributed by atoms with Crippen LogP contribution in [0.2, 0.25) is 0 Å². The zero-order chi connectivity index (χ0) is 58.5. The summed E-state index contributed by atoms with van der Waals surface area (Å²) in [4.78, 5) is 10.6. The number of aromatic hydroxyl groups is 1. The topological polar surface area (TPSA) is 50.9 Å². The van der Waals surface area contributed by atoms with E-state index >= 15 is 0 Å². The fraction of sp³-hybridized carbons (Fsp3) is 0.280. The van der Waals surface area contributed by atoms with Gasteiger partial charge in [-0.1, -0.05) is 233 Å². The number of aromatic nitrogens is 3. The summed E-state index contributed by atoms with van der Waals surface area (Å²) in [6.07, 6.45) is 5.58. The second-order valence-electron chi connectivity index (χ2n) is 24.3. The van der Waals surface area contributed by atoms with E-state index in [1.54, 1.807) is 0 Å². The first-order valence-corrected chi connectivity index (χ1v) is 28.4. The third kappa shape index (κ3) is 10.9. The van der Waals surface area contributed by atoms with Gasteiger partial charge in [0.25, 0.3) is 0 Å². The molecule has 4 nitrogen and oxygen atoms in total. The number of fused-ring (bicyclic) bond motifs is 1. The van der Waals surface area contributed by atoms with Crippen molar-refractivity contribution >= 4 is 11.0 Å². The maximum absolute atomic E-state index is 12.8. The Bertz CT molecular complexity index is 3910. The Morgan fingerprint density at radius 2 is 1.05 bits per heavy atom. The first kappa shape index (κ1) is 53.5. The molecule has 10 rings (SSSR count). The molecule has 0 radical (unpaired) electrons. The third-order valence-corrected chi connectivity index (χ3v) is 17.3. The van der Waals surface area contributed by atoms with Crippen LogP contribution in [-0.2, 0) is 42.7 Å². The number of pyridine rings is 1. The van der Waals surface area contributed by atoms with Gasteiger partial charge < -0.3 is 5.11 Å². The van der Waals surface area contributed by atoms with Crippen LogP contribution in [0.1, 0.15) is 141 Å². The average Bonchev–Trinajstić information content (AvgIpc) is 4.14. The molecular weight excluding hydrogens is 1150 g/mol. The Labute approximate surface area is 495 Å². The number of phenolic OH excluding ortho intramolecular Hbond substituents is 1. The summed E-state index contributed by atoms with van der Waals surface area (Å²) < 4.78 is 30.4. The largest absolute Gasteiger partial charge is 0.507 e. The molecule has 0 fully saturated rings. The van der Waals surface area contributed by atoms with E-state index in [-0.39, 0.29) is 48.6 Å². The molecule has 0 aliphatic carbocycles. The molecule has 2 heterocycles. The zero-order valence-electron chi connectivity index (χ0n) is 51.8.